The number of ether oxygens (including phenoxy) is 1. The third-order valence-electron chi connectivity index (χ3n) is 3.99. The lowest BCUT2D eigenvalue weighted by atomic mass is 10.0. The van der Waals surface area contributed by atoms with Gasteiger partial charge < -0.3 is 15.2 Å². The Morgan fingerprint density at radius 3 is 2.96 bits per heavy atom. The second kappa shape index (κ2) is 8.11. The number of carbonyl (C=O) groups is 2. The Balaban J connectivity index is 1.76. The van der Waals surface area contributed by atoms with Gasteiger partial charge in [-0.25, -0.2) is 9.37 Å². The number of aromatic nitrogens is 1. The predicted molar refractivity (Wildman–Crippen MR) is 93.9 cm³/mol. The van der Waals surface area contributed by atoms with Gasteiger partial charge in [0.25, 0.3) is 5.91 Å². The summed E-state index contributed by atoms with van der Waals surface area (Å²) in [4.78, 5) is 27.9. The molecule has 9 heteroatoms. The summed E-state index contributed by atoms with van der Waals surface area (Å²) < 4.78 is 19.2. The van der Waals surface area contributed by atoms with Crippen LogP contribution in [-0.2, 0) is 9.53 Å². The van der Waals surface area contributed by atoms with E-state index >= 15 is 0 Å². The first-order valence-electron chi connectivity index (χ1n) is 7.98. The van der Waals surface area contributed by atoms with Crippen LogP contribution in [0.4, 0.5) is 4.39 Å². The van der Waals surface area contributed by atoms with E-state index in [0.717, 1.165) is 23.9 Å². The minimum Gasteiger partial charge on any atom is -0.481 e. The Labute approximate surface area is 158 Å². The maximum Gasteiger partial charge on any atom is 0.305 e. The lowest BCUT2D eigenvalue weighted by Gasteiger charge is -2.17. The number of carbonyl (C=O) groups excluding carboxylic acids is 1. The number of hydrogen-bond acceptors (Lipinski definition) is 5. The molecule has 138 valence electrons. The number of nitrogens with zero attached hydrogens (tertiary/aromatic N) is 1. The van der Waals surface area contributed by atoms with E-state index in [4.69, 9.17) is 21.4 Å². The molecule has 1 amide bonds. The SMILES string of the molecule is O=C(O)CC(NC(=O)c1csc(C2CCCO2)n1)c1ccc(Cl)c(F)c1. The summed E-state index contributed by atoms with van der Waals surface area (Å²) in [6, 6.07) is 3.03. The van der Waals surface area contributed by atoms with Crippen molar-refractivity contribution in [3.63, 3.8) is 0 Å². The molecule has 0 saturated carbocycles. The molecule has 0 spiro atoms. The third kappa shape index (κ3) is 4.38. The molecule has 1 saturated heterocycles. The topological polar surface area (TPSA) is 88.5 Å². The molecule has 1 fully saturated rings. The van der Waals surface area contributed by atoms with Gasteiger partial charge in [-0.15, -0.1) is 11.3 Å². The van der Waals surface area contributed by atoms with Crippen molar-refractivity contribution in [2.45, 2.75) is 31.4 Å². The van der Waals surface area contributed by atoms with Crippen LogP contribution in [0, 0.1) is 5.82 Å². The largest absolute Gasteiger partial charge is 0.481 e. The second-order valence-electron chi connectivity index (χ2n) is 5.87. The van der Waals surface area contributed by atoms with E-state index < -0.39 is 30.2 Å². The van der Waals surface area contributed by atoms with Crippen molar-refractivity contribution in [2.75, 3.05) is 6.61 Å². The Kier molecular flexibility index (Phi) is 5.85. The van der Waals surface area contributed by atoms with Crippen LogP contribution in [0.5, 0.6) is 0 Å². The number of carboxylic acids is 1. The molecule has 1 aromatic carbocycles. The molecule has 26 heavy (non-hydrogen) atoms. The maximum atomic E-state index is 13.7. The van der Waals surface area contributed by atoms with E-state index in [1.807, 2.05) is 0 Å². The number of hydrogen-bond donors (Lipinski definition) is 2. The van der Waals surface area contributed by atoms with E-state index in [2.05, 4.69) is 10.3 Å². The van der Waals surface area contributed by atoms with Gasteiger partial charge in [0.1, 0.15) is 22.6 Å². The number of aliphatic carboxylic acids is 1. The van der Waals surface area contributed by atoms with E-state index in [1.54, 1.807) is 5.38 Å². The van der Waals surface area contributed by atoms with Gasteiger partial charge in [-0.2, -0.15) is 0 Å². The molecule has 2 heterocycles. The average Bonchev–Trinajstić information content (AvgIpc) is 3.27. The minimum absolute atomic E-state index is 0.0742. The summed E-state index contributed by atoms with van der Waals surface area (Å²) in [5, 5.41) is 14.0. The number of benzene rings is 1. The molecule has 2 atom stereocenters. The smallest absolute Gasteiger partial charge is 0.305 e. The fourth-order valence-electron chi connectivity index (χ4n) is 2.70. The fraction of sp³-hybridized carbons (Fsp3) is 0.353. The molecule has 2 N–H and O–H groups in total. The van der Waals surface area contributed by atoms with Crippen LogP contribution in [0.3, 0.4) is 0 Å². The van der Waals surface area contributed by atoms with Crippen molar-refractivity contribution in [1.82, 2.24) is 10.3 Å². The van der Waals surface area contributed by atoms with Crippen LogP contribution in [0.2, 0.25) is 5.02 Å². The fourth-order valence-corrected chi connectivity index (χ4v) is 3.70. The summed E-state index contributed by atoms with van der Waals surface area (Å²) in [7, 11) is 0. The van der Waals surface area contributed by atoms with Crippen LogP contribution < -0.4 is 5.32 Å². The Hall–Kier alpha value is -2.03. The van der Waals surface area contributed by atoms with Gasteiger partial charge in [0.15, 0.2) is 0 Å². The zero-order valence-electron chi connectivity index (χ0n) is 13.6. The Morgan fingerprint density at radius 2 is 2.31 bits per heavy atom. The minimum atomic E-state index is -1.12. The first-order valence-corrected chi connectivity index (χ1v) is 9.24. The van der Waals surface area contributed by atoms with E-state index in [1.165, 1.54) is 23.5 Å². The molecular formula is C17H16ClFN2O4S. The molecule has 1 aliphatic heterocycles. The molecule has 0 aliphatic carbocycles. The average molecular weight is 399 g/mol. The first kappa shape index (κ1) is 18.8. The van der Waals surface area contributed by atoms with Gasteiger partial charge in [-0.1, -0.05) is 17.7 Å². The summed E-state index contributed by atoms with van der Waals surface area (Å²) >= 11 is 6.98. The summed E-state index contributed by atoms with van der Waals surface area (Å²) in [6.07, 6.45) is 1.33. The molecule has 3 rings (SSSR count). The maximum absolute atomic E-state index is 13.7. The van der Waals surface area contributed by atoms with Gasteiger partial charge in [-0.05, 0) is 30.5 Å². The number of rotatable bonds is 6. The molecule has 0 radical (unpaired) electrons. The van der Waals surface area contributed by atoms with Gasteiger partial charge in [0, 0.05) is 12.0 Å². The quantitative estimate of drug-likeness (QED) is 0.773. The standard InChI is InChI=1S/C17H16ClFN2O4S/c18-10-4-3-9(6-11(10)19)12(7-15(22)23)20-16(24)13-8-26-17(21-13)14-2-1-5-25-14/h3-4,6,8,12,14H,1-2,5,7H2,(H,20,24)(H,22,23). The number of nitrogens with one attached hydrogen (secondary N) is 1. The number of halogens is 2. The molecule has 1 aromatic heterocycles. The van der Waals surface area contributed by atoms with E-state index in [0.29, 0.717) is 12.2 Å². The molecule has 6 nitrogen and oxygen atoms in total. The predicted octanol–water partition coefficient (Wildman–Crippen LogP) is 3.73. The molecule has 2 aromatic rings. The highest BCUT2D eigenvalue weighted by molar-refractivity contribution is 7.09. The van der Waals surface area contributed by atoms with Gasteiger partial charge >= 0.3 is 5.97 Å². The Morgan fingerprint density at radius 1 is 1.50 bits per heavy atom. The number of carboxylic acid groups (broad SMARTS) is 1. The number of thiazole rings is 1. The van der Waals surface area contributed by atoms with E-state index in [9.17, 15) is 14.0 Å². The van der Waals surface area contributed by atoms with E-state index in [-0.39, 0.29) is 16.8 Å². The highest BCUT2D eigenvalue weighted by Gasteiger charge is 2.24. The van der Waals surface area contributed by atoms with Crippen LogP contribution in [0.15, 0.2) is 23.6 Å². The van der Waals surface area contributed by atoms with Crippen molar-refractivity contribution >= 4 is 34.8 Å². The van der Waals surface area contributed by atoms with Crippen molar-refractivity contribution in [1.29, 1.82) is 0 Å². The zero-order valence-corrected chi connectivity index (χ0v) is 15.1. The summed E-state index contributed by atoms with van der Waals surface area (Å²) in [5.41, 5.74) is 0.502. The van der Waals surface area contributed by atoms with Crippen molar-refractivity contribution in [2.24, 2.45) is 0 Å². The van der Waals surface area contributed by atoms with Crippen molar-refractivity contribution < 1.29 is 23.8 Å². The van der Waals surface area contributed by atoms with Crippen LogP contribution in [0.1, 0.15) is 52.5 Å². The van der Waals surface area contributed by atoms with Gasteiger partial charge in [-0.3, -0.25) is 9.59 Å². The first-order chi connectivity index (χ1) is 12.4. The van der Waals surface area contributed by atoms with Crippen molar-refractivity contribution in [3.8, 4) is 0 Å². The summed E-state index contributed by atoms with van der Waals surface area (Å²) in [6.45, 7) is 0.675. The Bertz CT molecular complexity index is 823. The van der Waals surface area contributed by atoms with Crippen LogP contribution in [-0.4, -0.2) is 28.6 Å². The van der Waals surface area contributed by atoms with Crippen molar-refractivity contribution in [3.05, 3.63) is 50.7 Å². The lowest BCUT2D eigenvalue weighted by molar-refractivity contribution is -0.137. The lowest BCUT2D eigenvalue weighted by Crippen LogP contribution is -2.30. The van der Waals surface area contributed by atoms with Gasteiger partial charge in [0.2, 0.25) is 0 Å². The third-order valence-corrected chi connectivity index (χ3v) is 5.23. The molecular weight excluding hydrogens is 383 g/mol. The zero-order chi connectivity index (χ0) is 18.7. The number of amides is 1. The summed E-state index contributed by atoms with van der Waals surface area (Å²) in [5.74, 6) is -2.32. The van der Waals surface area contributed by atoms with Crippen LogP contribution in [0.25, 0.3) is 0 Å². The molecule has 0 bridgehead atoms. The normalized spacial score (nSPS) is 17.8. The highest BCUT2D eigenvalue weighted by atomic mass is 35.5. The van der Waals surface area contributed by atoms with Crippen LogP contribution >= 0.6 is 22.9 Å². The molecule has 1 aliphatic rings. The second-order valence-corrected chi connectivity index (χ2v) is 7.17. The van der Waals surface area contributed by atoms with Gasteiger partial charge in [0.05, 0.1) is 17.5 Å². The highest BCUT2D eigenvalue weighted by Crippen LogP contribution is 2.31. The molecule has 2 unspecified atom stereocenters. The monoisotopic (exact) mass is 398 g/mol.